The van der Waals surface area contributed by atoms with Crippen LogP contribution in [0.15, 0.2) is 18.2 Å². The Morgan fingerprint density at radius 2 is 1.95 bits per heavy atom. The second-order valence-electron chi connectivity index (χ2n) is 5.41. The van der Waals surface area contributed by atoms with Crippen LogP contribution in [-0.4, -0.2) is 23.0 Å². The van der Waals surface area contributed by atoms with Gasteiger partial charge in [0, 0.05) is 30.3 Å². The Labute approximate surface area is 110 Å². The maximum Gasteiger partial charge on any atom is 0.292 e. The Morgan fingerprint density at radius 1 is 1.32 bits per heavy atom. The molecule has 0 saturated carbocycles. The van der Waals surface area contributed by atoms with Gasteiger partial charge in [0.1, 0.15) is 11.5 Å². The first kappa shape index (κ1) is 12.3. The smallest absolute Gasteiger partial charge is 0.292 e. The molecule has 0 aromatic heterocycles. The van der Waals surface area contributed by atoms with Crippen LogP contribution in [0.1, 0.15) is 25.7 Å². The summed E-state index contributed by atoms with van der Waals surface area (Å²) in [7, 11) is 0. The molecule has 5 nitrogen and oxygen atoms in total. The molecule has 0 spiro atoms. The molecule has 1 aromatic rings. The van der Waals surface area contributed by atoms with Gasteiger partial charge in [0.05, 0.1) is 4.92 Å². The number of nitro benzene ring substituents is 1. The van der Waals surface area contributed by atoms with E-state index in [0.717, 1.165) is 31.7 Å². The second kappa shape index (κ2) is 4.45. The zero-order valence-electron chi connectivity index (χ0n) is 10.5. The van der Waals surface area contributed by atoms with E-state index in [1.54, 1.807) is 0 Å². The molecular formula is C13H16FN3O2. The average Bonchev–Trinajstić information content (AvgIpc) is 2.61. The minimum Gasteiger partial charge on any atom is -0.360 e. The lowest BCUT2D eigenvalue weighted by Gasteiger charge is -2.39. The number of rotatable bonds is 2. The van der Waals surface area contributed by atoms with E-state index < -0.39 is 10.7 Å². The zero-order chi connectivity index (χ0) is 13.6. The van der Waals surface area contributed by atoms with E-state index in [9.17, 15) is 14.5 Å². The van der Waals surface area contributed by atoms with Gasteiger partial charge >= 0.3 is 0 Å². The molecular weight excluding hydrogens is 249 g/mol. The van der Waals surface area contributed by atoms with Gasteiger partial charge in [-0.25, -0.2) is 4.39 Å². The van der Waals surface area contributed by atoms with Gasteiger partial charge in [-0.2, -0.15) is 0 Å². The molecule has 2 atom stereocenters. The number of hydrogen-bond acceptors (Lipinski definition) is 4. The van der Waals surface area contributed by atoms with E-state index >= 15 is 0 Å². The normalized spacial score (nSPS) is 29.6. The number of anilines is 1. The predicted octanol–water partition coefficient (Wildman–Crippen LogP) is 2.19. The van der Waals surface area contributed by atoms with Crippen molar-refractivity contribution in [3.63, 3.8) is 0 Å². The van der Waals surface area contributed by atoms with Crippen LogP contribution in [0.5, 0.6) is 0 Å². The summed E-state index contributed by atoms with van der Waals surface area (Å²) in [5, 5.41) is 11.1. The standard InChI is InChI=1S/C13H16FN3O2/c14-8-1-4-12(17(18)19)13(5-8)16-10-2-3-11(16)7-9(15)6-10/h1,4-5,9-11H,2-3,6-7,15H2. The largest absolute Gasteiger partial charge is 0.360 e. The summed E-state index contributed by atoms with van der Waals surface area (Å²) in [6.07, 6.45) is 3.60. The van der Waals surface area contributed by atoms with Crippen LogP contribution >= 0.6 is 0 Å². The Kier molecular flexibility index (Phi) is 2.89. The SMILES string of the molecule is NC1CC2CCC(C1)N2c1cc(F)ccc1[N+](=O)[O-]. The summed E-state index contributed by atoms with van der Waals surface area (Å²) in [6.45, 7) is 0. The van der Waals surface area contributed by atoms with Crippen LogP contribution < -0.4 is 10.6 Å². The van der Waals surface area contributed by atoms with Gasteiger partial charge in [-0.1, -0.05) is 0 Å². The Balaban J connectivity index is 2.03. The van der Waals surface area contributed by atoms with E-state index in [1.807, 2.05) is 4.90 Å². The van der Waals surface area contributed by atoms with Crippen molar-refractivity contribution in [1.29, 1.82) is 0 Å². The van der Waals surface area contributed by atoms with Crippen molar-refractivity contribution in [1.82, 2.24) is 0 Å². The van der Waals surface area contributed by atoms with E-state index in [1.165, 1.54) is 12.1 Å². The van der Waals surface area contributed by atoms with Gasteiger partial charge in [-0.05, 0) is 31.7 Å². The van der Waals surface area contributed by atoms with Crippen LogP contribution in [0, 0.1) is 15.9 Å². The first-order chi connectivity index (χ1) is 9.06. The van der Waals surface area contributed by atoms with Crippen molar-refractivity contribution in [2.45, 2.75) is 43.8 Å². The van der Waals surface area contributed by atoms with E-state index in [0.29, 0.717) is 5.69 Å². The fourth-order valence-electron chi connectivity index (χ4n) is 3.47. The molecule has 2 fully saturated rings. The van der Waals surface area contributed by atoms with Crippen molar-refractivity contribution < 1.29 is 9.31 Å². The molecule has 2 N–H and O–H groups in total. The summed E-state index contributed by atoms with van der Waals surface area (Å²) in [4.78, 5) is 12.7. The number of halogens is 1. The third kappa shape index (κ3) is 2.06. The summed E-state index contributed by atoms with van der Waals surface area (Å²) in [5.74, 6) is -0.435. The van der Waals surface area contributed by atoms with Gasteiger partial charge in [0.25, 0.3) is 5.69 Å². The number of benzene rings is 1. The van der Waals surface area contributed by atoms with Crippen molar-refractivity contribution in [2.75, 3.05) is 4.90 Å². The molecule has 19 heavy (non-hydrogen) atoms. The lowest BCUT2D eigenvalue weighted by atomic mass is 9.97. The Bertz CT molecular complexity index is 509. The summed E-state index contributed by atoms with van der Waals surface area (Å²) < 4.78 is 13.4. The molecule has 2 unspecified atom stereocenters. The van der Waals surface area contributed by atoms with E-state index in [2.05, 4.69) is 0 Å². The molecule has 2 aliphatic rings. The minimum atomic E-state index is -0.442. The minimum absolute atomic E-state index is 0.0197. The highest BCUT2D eigenvalue weighted by Crippen LogP contribution is 2.42. The van der Waals surface area contributed by atoms with Crippen molar-refractivity contribution in [3.05, 3.63) is 34.1 Å². The van der Waals surface area contributed by atoms with Gasteiger partial charge < -0.3 is 10.6 Å². The van der Waals surface area contributed by atoms with Gasteiger partial charge in [0.2, 0.25) is 0 Å². The highest BCUT2D eigenvalue weighted by Gasteiger charge is 2.41. The molecule has 0 radical (unpaired) electrons. The monoisotopic (exact) mass is 265 g/mol. The first-order valence-corrected chi connectivity index (χ1v) is 6.54. The van der Waals surface area contributed by atoms with Crippen LogP contribution in [0.25, 0.3) is 0 Å². The van der Waals surface area contributed by atoms with Crippen LogP contribution in [0.4, 0.5) is 15.8 Å². The highest BCUT2D eigenvalue weighted by molar-refractivity contribution is 5.65. The number of hydrogen-bond donors (Lipinski definition) is 1. The zero-order valence-corrected chi connectivity index (χ0v) is 10.5. The molecule has 2 heterocycles. The van der Waals surface area contributed by atoms with Crippen LogP contribution in [0.2, 0.25) is 0 Å². The molecule has 102 valence electrons. The third-order valence-electron chi connectivity index (χ3n) is 4.18. The number of nitrogens with two attached hydrogens (primary N) is 1. The Morgan fingerprint density at radius 3 is 2.53 bits per heavy atom. The Hall–Kier alpha value is -1.69. The molecule has 6 heteroatoms. The summed E-state index contributed by atoms with van der Waals surface area (Å²) >= 11 is 0. The second-order valence-corrected chi connectivity index (χ2v) is 5.41. The molecule has 2 aliphatic heterocycles. The number of nitro groups is 1. The van der Waals surface area contributed by atoms with Crippen LogP contribution in [-0.2, 0) is 0 Å². The molecule has 2 bridgehead atoms. The maximum absolute atomic E-state index is 13.4. The third-order valence-corrected chi connectivity index (χ3v) is 4.18. The van der Waals surface area contributed by atoms with Crippen molar-refractivity contribution in [2.24, 2.45) is 5.73 Å². The molecule has 1 aromatic carbocycles. The highest BCUT2D eigenvalue weighted by atomic mass is 19.1. The maximum atomic E-state index is 13.4. The van der Waals surface area contributed by atoms with Crippen molar-refractivity contribution in [3.8, 4) is 0 Å². The summed E-state index contributed by atoms with van der Waals surface area (Å²) in [5.41, 5.74) is 6.38. The van der Waals surface area contributed by atoms with Gasteiger partial charge in [0.15, 0.2) is 0 Å². The van der Waals surface area contributed by atoms with E-state index in [-0.39, 0.29) is 23.8 Å². The van der Waals surface area contributed by atoms with Crippen molar-refractivity contribution >= 4 is 11.4 Å². The van der Waals surface area contributed by atoms with Gasteiger partial charge in [-0.3, -0.25) is 10.1 Å². The predicted molar refractivity (Wildman–Crippen MR) is 69.6 cm³/mol. The molecule has 3 rings (SSSR count). The van der Waals surface area contributed by atoms with Gasteiger partial charge in [-0.15, -0.1) is 0 Å². The quantitative estimate of drug-likeness (QED) is 0.657. The number of piperidine rings is 1. The van der Waals surface area contributed by atoms with E-state index in [4.69, 9.17) is 5.73 Å². The average molecular weight is 265 g/mol. The fraction of sp³-hybridized carbons (Fsp3) is 0.538. The number of fused-ring (bicyclic) bond motifs is 2. The number of nitrogens with zero attached hydrogens (tertiary/aromatic N) is 2. The molecule has 2 saturated heterocycles. The lowest BCUT2D eigenvalue weighted by Crippen LogP contribution is -2.47. The first-order valence-electron chi connectivity index (χ1n) is 6.54. The lowest BCUT2D eigenvalue weighted by molar-refractivity contribution is -0.384. The molecule has 0 aliphatic carbocycles. The van der Waals surface area contributed by atoms with Crippen LogP contribution in [0.3, 0.4) is 0 Å². The molecule has 0 amide bonds. The fourth-order valence-corrected chi connectivity index (χ4v) is 3.47. The topological polar surface area (TPSA) is 72.4 Å². The summed E-state index contributed by atoms with van der Waals surface area (Å²) in [6, 6.07) is 4.22.